The quantitative estimate of drug-likeness (QED) is 0.810. The van der Waals surface area contributed by atoms with Crippen LogP contribution in [0.3, 0.4) is 0 Å². The van der Waals surface area contributed by atoms with Gasteiger partial charge in [0.2, 0.25) is 0 Å². The Bertz CT molecular complexity index is 371. The third-order valence-corrected chi connectivity index (χ3v) is 4.86. The minimum Gasteiger partial charge on any atom is -0.489 e. The zero-order valence-corrected chi connectivity index (χ0v) is 10.5. The Labute approximate surface area is 100 Å². The second-order valence-electron chi connectivity index (χ2n) is 4.61. The lowest BCUT2D eigenvalue weighted by Crippen LogP contribution is -2.27. The monoisotopic (exact) mass is 238 g/mol. The first-order valence-corrected chi connectivity index (χ1v) is 6.84. The lowest BCUT2D eigenvalue weighted by Gasteiger charge is -2.24. The molecule has 1 aromatic heterocycles. The molecule has 2 aliphatic heterocycles. The molecule has 3 heterocycles. The van der Waals surface area contributed by atoms with Crippen LogP contribution >= 0.6 is 11.3 Å². The van der Waals surface area contributed by atoms with E-state index >= 15 is 0 Å². The molecule has 0 aromatic carbocycles. The minimum absolute atomic E-state index is 0.744. The van der Waals surface area contributed by atoms with Gasteiger partial charge < -0.3 is 15.0 Å². The second-order valence-corrected chi connectivity index (χ2v) is 5.67. The molecule has 88 valence electrons. The first kappa shape index (κ1) is 10.4. The van der Waals surface area contributed by atoms with Gasteiger partial charge in [-0.2, -0.15) is 0 Å². The number of likely N-dealkylation sites (N-methyl/N-ethyl adjacent to an activating group) is 1. The van der Waals surface area contributed by atoms with Crippen LogP contribution in [0.15, 0.2) is 6.07 Å². The van der Waals surface area contributed by atoms with Crippen molar-refractivity contribution < 1.29 is 4.74 Å². The number of nitrogens with zero attached hydrogens (tertiary/aromatic N) is 1. The van der Waals surface area contributed by atoms with Crippen molar-refractivity contribution in [2.45, 2.75) is 18.8 Å². The third kappa shape index (κ3) is 1.80. The highest BCUT2D eigenvalue weighted by atomic mass is 32.1. The number of hydrogen-bond acceptors (Lipinski definition) is 4. The fourth-order valence-electron chi connectivity index (χ4n) is 2.45. The van der Waals surface area contributed by atoms with E-state index in [9.17, 15) is 0 Å². The molecule has 0 saturated carbocycles. The topological polar surface area (TPSA) is 24.5 Å². The number of ether oxygens (including phenoxy) is 1. The van der Waals surface area contributed by atoms with Crippen LogP contribution in [-0.4, -0.2) is 33.3 Å². The molecule has 1 saturated heterocycles. The Morgan fingerprint density at radius 1 is 1.44 bits per heavy atom. The summed E-state index contributed by atoms with van der Waals surface area (Å²) in [4.78, 5) is 3.83. The van der Waals surface area contributed by atoms with Crippen molar-refractivity contribution >= 4 is 16.3 Å². The van der Waals surface area contributed by atoms with Crippen LogP contribution in [0.1, 0.15) is 23.6 Å². The lowest BCUT2D eigenvalue weighted by molar-refractivity contribution is 0.313. The van der Waals surface area contributed by atoms with Crippen molar-refractivity contribution in [3.8, 4) is 5.75 Å². The van der Waals surface area contributed by atoms with E-state index in [2.05, 4.69) is 23.3 Å². The molecule has 3 nitrogen and oxygen atoms in total. The van der Waals surface area contributed by atoms with E-state index in [1.54, 1.807) is 0 Å². The normalized spacial score (nSPS) is 21.7. The number of thiophene rings is 1. The van der Waals surface area contributed by atoms with Crippen LogP contribution in [-0.2, 0) is 0 Å². The summed E-state index contributed by atoms with van der Waals surface area (Å²) in [5.74, 6) is 1.85. The number of fused-ring (bicyclic) bond motifs is 1. The van der Waals surface area contributed by atoms with Crippen molar-refractivity contribution in [1.29, 1.82) is 0 Å². The number of rotatable bonds is 1. The minimum atomic E-state index is 0.744. The van der Waals surface area contributed by atoms with E-state index < -0.39 is 0 Å². The molecule has 1 aromatic rings. The SMILES string of the molecule is CN1CCOc2cc(C3CCNCC3)sc21. The highest BCUT2D eigenvalue weighted by Crippen LogP contribution is 2.43. The predicted molar refractivity (Wildman–Crippen MR) is 67.9 cm³/mol. The van der Waals surface area contributed by atoms with Gasteiger partial charge in [0, 0.05) is 11.9 Å². The van der Waals surface area contributed by atoms with Gasteiger partial charge in [-0.25, -0.2) is 0 Å². The van der Waals surface area contributed by atoms with Gasteiger partial charge in [0.05, 0.1) is 6.54 Å². The fourth-order valence-corrected chi connectivity index (χ4v) is 3.71. The van der Waals surface area contributed by atoms with Gasteiger partial charge in [-0.15, -0.1) is 11.3 Å². The molecule has 3 rings (SSSR count). The number of hydrogen-bond donors (Lipinski definition) is 1. The van der Waals surface area contributed by atoms with Gasteiger partial charge >= 0.3 is 0 Å². The molecule has 0 radical (unpaired) electrons. The molecule has 2 aliphatic rings. The number of anilines is 1. The fraction of sp³-hybridized carbons (Fsp3) is 0.667. The van der Waals surface area contributed by atoms with E-state index in [1.165, 1.54) is 22.7 Å². The molecule has 0 unspecified atom stereocenters. The molecular weight excluding hydrogens is 220 g/mol. The Morgan fingerprint density at radius 3 is 3.00 bits per heavy atom. The van der Waals surface area contributed by atoms with Gasteiger partial charge in [-0.1, -0.05) is 0 Å². The molecule has 0 aliphatic carbocycles. The predicted octanol–water partition coefficient (Wildman–Crippen LogP) is 2.04. The summed E-state index contributed by atoms with van der Waals surface area (Å²) < 4.78 is 5.72. The summed E-state index contributed by atoms with van der Waals surface area (Å²) in [6.07, 6.45) is 2.53. The Morgan fingerprint density at radius 2 is 2.25 bits per heavy atom. The number of nitrogens with one attached hydrogen (secondary N) is 1. The summed E-state index contributed by atoms with van der Waals surface area (Å²) in [5.41, 5.74) is 0. The maximum atomic E-state index is 5.72. The van der Waals surface area contributed by atoms with Gasteiger partial charge in [0.25, 0.3) is 0 Å². The van der Waals surface area contributed by atoms with Crippen LogP contribution in [0.5, 0.6) is 5.75 Å². The first-order valence-electron chi connectivity index (χ1n) is 6.03. The van der Waals surface area contributed by atoms with Crippen molar-refractivity contribution in [2.24, 2.45) is 0 Å². The number of piperidine rings is 1. The van der Waals surface area contributed by atoms with Gasteiger partial charge in [0.15, 0.2) is 5.75 Å². The Hall–Kier alpha value is -0.740. The first-order chi connectivity index (χ1) is 7.84. The van der Waals surface area contributed by atoms with E-state index in [1.807, 2.05) is 11.3 Å². The molecular formula is C12H18N2OS. The van der Waals surface area contributed by atoms with Crippen LogP contribution in [0.4, 0.5) is 5.00 Å². The van der Waals surface area contributed by atoms with Crippen molar-refractivity contribution in [2.75, 3.05) is 38.2 Å². The van der Waals surface area contributed by atoms with Crippen molar-refractivity contribution in [3.63, 3.8) is 0 Å². The lowest BCUT2D eigenvalue weighted by atomic mass is 9.96. The van der Waals surface area contributed by atoms with E-state index in [0.29, 0.717) is 0 Å². The molecule has 1 fully saturated rings. The highest BCUT2D eigenvalue weighted by molar-refractivity contribution is 7.16. The summed E-state index contributed by atoms with van der Waals surface area (Å²) in [7, 11) is 2.16. The second kappa shape index (κ2) is 4.26. The Balaban J connectivity index is 1.85. The zero-order chi connectivity index (χ0) is 11.0. The molecule has 16 heavy (non-hydrogen) atoms. The van der Waals surface area contributed by atoms with Crippen molar-refractivity contribution in [1.82, 2.24) is 5.32 Å². The molecule has 4 heteroatoms. The van der Waals surface area contributed by atoms with Crippen LogP contribution < -0.4 is 15.0 Å². The van der Waals surface area contributed by atoms with Gasteiger partial charge in [-0.3, -0.25) is 0 Å². The van der Waals surface area contributed by atoms with E-state index in [0.717, 1.165) is 37.9 Å². The average molecular weight is 238 g/mol. The van der Waals surface area contributed by atoms with Crippen molar-refractivity contribution in [3.05, 3.63) is 10.9 Å². The zero-order valence-electron chi connectivity index (χ0n) is 9.66. The smallest absolute Gasteiger partial charge is 0.154 e. The molecule has 0 atom stereocenters. The molecule has 0 bridgehead atoms. The van der Waals surface area contributed by atoms with E-state index in [-0.39, 0.29) is 0 Å². The standard InChI is InChI=1S/C12H18N2OS/c1-14-6-7-15-10-8-11(16-12(10)14)9-2-4-13-5-3-9/h8-9,13H,2-7H2,1H3. The third-order valence-electron chi connectivity index (χ3n) is 3.47. The maximum absolute atomic E-state index is 5.72. The van der Waals surface area contributed by atoms with Gasteiger partial charge in [0.1, 0.15) is 11.6 Å². The van der Waals surface area contributed by atoms with Gasteiger partial charge in [-0.05, 0) is 37.9 Å². The average Bonchev–Trinajstić information content (AvgIpc) is 2.76. The summed E-state index contributed by atoms with van der Waals surface area (Å²) in [5, 5.41) is 4.74. The molecule has 0 spiro atoms. The summed E-state index contributed by atoms with van der Waals surface area (Å²) >= 11 is 1.92. The Kier molecular flexibility index (Phi) is 2.77. The van der Waals surface area contributed by atoms with E-state index in [4.69, 9.17) is 4.74 Å². The summed E-state index contributed by atoms with van der Waals surface area (Å²) in [6.45, 7) is 4.15. The maximum Gasteiger partial charge on any atom is 0.154 e. The van der Waals surface area contributed by atoms with Crippen LogP contribution in [0.2, 0.25) is 0 Å². The van der Waals surface area contributed by atoms with Crippen LogP contribution in [0, 0.1) is 0 Å². The summed E-state index contributed by atoms with van der Waals surface area (Å²) in [6, 6.07) is 2.27. The molecule has 0 amide bonds. The largest absolute Gasteiger partial charge is 0.489 e. The molecule has 1 N–H and O–H groups in total. The van der Waals surface area contributed by atoms with Crippen LogP contribution in [0.25, 0.3) is 0 Å². The highest BCUT2D eigenvalue weighted by Gasteiger charge is 2.23.